The van der Waals surface area contributed by atoms with Gasteiger partial charge in [-0.1, -0.05) is 23.6 Å². The molecule has 0 amide bonds. The lowest BCUT2D eigenvalue weighted by atomic mass is 9.61. The number of benzene rings is 1. The predicted molar refractivity (Wildman–Crippen MR) is 166 cm³/mol. The summed E-state index contributed by atoms with van der Waals surface area (Å²) in [6, 6.07) is 9.22. The molecule has 4 heterocycles. The summed E-state index contributed by atoms with van der Waals surface area (Å²) in [5.41, 5.74) is 2.36. The van der Waals surface area contributed by atoms with E-state index in [0.29, 0.717) is 23.5 Å². The molecule has 3 aliphatic carbocycles. The first-order chi connectivity index (χ1) is 21.7. The van der Waals surface area contributed by atoms with Gasteiger partial charge in [0.25, 0.3) is 10.0 Å². The highest BCUT2D eigenvalue weighted by atomic mass is 32.2. The molecule has 0 unspecified atom stereocenters. The second-order valence-electron chi connectivity index (χ2n) is 11.8. The second kappa shape index (κ2) is 11.0. The summed E-state index contributed by atoms with van der Waals surface area (Å²) in [6.45, 7) is 3.96. The van der Waals surface area contributed by atoms with Gasteiger partial charge in [0.2, 0.25) is 0 Å². The number of nitrogens with one attached hydrogen (secondary N) is 1. The van der Waals surface area contributed by atoms with Crippen molar-refractivity contribution in [2.75, 3.05) is 11.9 Å². The Morgan fingerprint density at radius 2 is 1.87 bits per heavy atom. The van der Waals surface area contributed by atoms with Crippen LogP contribution >= 0.6 is 0 Å². The molecule has 0 spiro atoms. The maximum absolute atomic E-state index is 14.6. The second-order valence-corrected chi connectivity index (χ2v) is 13.6. The quantitative estimate of drug-likeness (QED) is 0.194. The Kier molecular flexibility index (Phi) is 7.08. The van der Waals surface area contributed by atoms with Gasteiger partial charge in [-0.25, -0.2) is 31.3 Å². The van der Waals surface area contributed by atoms with Crippen LogP contribution in [0.2, 0.25) is 0 Å². The lowest BCUT2D eigenvalue weighted by molar-refractivity contribution is -0.154. The molecule has 0 aliphatic heterocycles. The molecule has 1 N–H and O–H groups in total. The Morgan fingerprint density at radius 3 is 2.58 bits per heavy atom. The minimum absolute atomic E-state index is 0.0361. The van der Waals surface area contributed by atoms with Gasteiger partial charge in [0.05, 0.1) is 23.6 Å². The van der Waals surface area contributed by atoms with Crippen molar-refractivity contribution in [3.63, 3.8) is 0 Å². The topological polar surface area (TPSA) is 120 Å². The molecular formula is C33H31FN6O4S. The summed E-state index contributed by atoms with van der Waals surface area (Å²) in [6.07, 6.45) is 13.7. The van der Waals surface area contributed by atoms with E-state index in [1.54, 1.807) is 35.8 Å². The number of terminal acetylenes is 1. The minimum atomic E-state index is -4.11. The first-order valence-corrected chi connectivity index (χ1v) is 16.4. The van der Waals surface area contributed by atoms with Gasteiger partial charge in [0.1, 0.15) is 11.3 Å². The SMILES string of the molecule is C#Cc1cc2c(N[C@H]3[C@H]4CC[C@H](CC4)[C@@H]3C(=O)OCC)nc(-c3cn(S(=O)(=O)c4ccc(C)cc4)c4ncc(F)cc34)nn2c1. The van der Waals surface area contributed by atoms with E-state index in [0.717, 1.165) is 41.4 Å². The monoisotopic (exact) mass is 626 g/mol. The summed E-state index contributed by atoms with van der Waals surface area (Å²) in [5, 5.41) is 8.47. The molecule has 0 radical (unpaired) electrons. The highest BCUT2D eigenvalue weighted by Gasteiger charge is 2.48. The zero-order valence-corrected chi connectivity index (χ0v) is 25.6. The fourth-order valence-corrected chi connectivity index (χ4v) is 8.25. The standard InChI is InChI=1S/C33H31FN6O4S/c1-4-20-14-27-31(36-29-22-10-8-21(9-11-22)28(29)33(41)44-5-2)37-30(38-39(27)17-20)26-18-40(32-25(26)15-23(34)16-35-32)45(42,43)24-12-6-19(3)7-13-24/h1,6-7,12-18,21-22,28-29H,5,8-11H2,2-3H3,(H,36,37,38)/t21-,22+,28-,29-/m0/s1. The molecule has 5 aromatic rings. The van der Waals surface area contributed by atoms with E-state index in [1.165, 1.54) is 24.4 Å². The zero-order chi connectivity index (χ0) is 31.5. The number of rotatable bonds is 7. The van der Waals surface area contributed by atoms with E-state index in [-0.39, 0.29) is 57.1 Å². The number of nitrogens with zero attached hydrogens (tertiary/aromatic N) is 5. The van der Waals surface area contributed by atoms with Crippen molar-refractivity contribution >= 4 is 38.4 Å². The van der Waals surface area contributed by atoms with Gasteiger partial charge in [0, 0.05) is 34.9 Å². The molecule has 2 bridgehead atoms. The molecule has 10 nitrogen and oxygen atoms in total. The summed E-state index contributed by atoms with van der Waals surface area (Å²) in [7, 11) is -4.11. The van der Waals surface area contributed by atoms with Crippen LogP contribution in [0.4, 0.5) is 10.2 Å². The predicted octanol–water partition coefficient (Wildman–Crippen LogP) is 5.19. The van der Waals surface area contributed by atoms with Gasteiger partial charge >= 0.3 is 5.97 Å². The van der Waals surface area contributed by atoms with Crippen LogP contribution in [-0.4, -0.2) is 50.6 Å². The summed E-state index contributed by atoms with van der Waals surface area (Å²) in [4.78, 5) is 22.3. The fourth-order valence-electron chi connectivity index (χ4n) is 6.93. The Labute approximate surface area is 259 Å². The van der Waals surface area contributed by atoms with E-state index in [1.807, 2.05) is 6.92 Å². The molecule has 3 aliphatic rings. The van der Waals surface area contributed by atoms with Gasteiger partial charge in [-0.15, -0.1) is 11.5 Å². The van der Waals surface area contributed by atoms with Crippen molar-refractivity contribution in [3.8, 4) is 23.7 Å². The van der Waals surface area contributed by atoms with E-state index in [9.17, 15) is 17.6 Å². The number of esters is 1. The number of fused-ring (bicyclic) bond motifs is 5. The Hall–Kier alpha value is -4.76. The number of carbonyl (C=O) groups excluding carboxylic acids is 1. The summed E-state index contributed by atoms with van der Waals surface area (Å²) < 4.78 is 50.3. The minimum Gasteiger partial charge on any atom is -0.466 e. The fraction of sp³-hybridized carbons (Fsp3) is 0.333. The van der Waals surface area contributed by atoms with Gasteiger partial charge in [-0.3, -0.25) is 4.79 Å². The molecule has 3 fully saturated rings. The Morgan fingerprint density at radius 1 is 1.13 bits per heavy atom. The molecular weight excluding hydrogens is 595 g/mol. The van der Waals surface area contributed by atoms with Crippen LogP contribution in [0.5, 0.6) is 0 Å². The van der Waals surface area contributed by atoms with Gasteiger partial charge in [0.15, 0.2) is 17.3 Å². The van der Waals surface area contributed by atoms with Crippen molar-refractivity contribution in [2.45, 2.75) is 50.5 Å². The number of aryl methyl sites for hydroxylation is 1. The third-order valence-corrected chi connectivity index (χ3v) is 10.8. The van der Waals surface area contributed by atoms with Crippen LogP contribution < -0.4 is 5.32 Å². The average Bonchev–Trinajstić information content (AvgIpc) is 3.64. The number of halogens is 1. The van der Waals surface area contributed by atoms with E-state index < -0.39 is 15.8 Å². The highest BCUT2D eigenvalue weighted by molar-refractivity contribution is 7.90. The maximum Gasteiger partial charge on any atom is 0.311 e. The van der Waals surface area contributed by atoms with E-state index >= 15 is 0 Å². The van der Waals surface area contributed by atoms with Crippen LogP contribution in [0, 0.1) is 42.8 Å². The number of aromatic nitrogens is 5. The van der Waals surface area contributed by atoms with Crippen molar-refractivity contribution in [3.05, 3.63) is 71.9 Å². The zero-order valence-electron chi connectivity index (χ0n) is 24.8. The molecule has 230 valence electrons. The van der Waals surface area contributed by atoms with Crippen LogP contribution in [-0.2, 0) is 19.6 Å². The first-order valence-electron chi connectivity index (χ1n) is 15.0. The lowest BCUT2D eigenvalue weighted by Crippen LogP contribution is -2.52. The number of carbonyl (C=O) groups is 1. The van der Waals surface area contributed by atoms with Crippen molar-refractivity contribution in [1.29, 1.82) is 0 Å². The third-order valence-electron chi connectivity index (χ3n) is 9.11. The molecule has 8 rings (SSSR count). The largest absolute Gasteiger partial charge is 0.466 e. The maximum atomic E-state index is 14.6. The van der Waals surface area contributed by atoms with Gasteiger partial charge < -0.3 is 10.1 Å². The van der Waals surface area contributed by atoms with E-state index in [2.05, 4.69) is 21.3 Å². The average molecular weight is 627 g/mol. The molecule has 4 aromatic heterocycles. The van der Waals surface area contributed by atoms with Crippen LogP contribution in [0.1, 0.15) is 43.7 Å². The normalized spacial score (nSPS) is 21.2. The molecule has 1 aromatic carbocycles. The summed E-state index contributed by atoms with van der Waals surface area (Å²) in [5.74, 6) is 2.44. The van der Waals surface area contributed by atoms with Crippen molar-refractivity contribution in [1.82, 2.24) is 23.6 Å². The molecule has 0 saturated heterocycles. The smallest absolute Gasteiger partial charge is 0.311 e. The summed E-state index contributed by atoms with van der Waals surface area (Å²) >= 11 is 0. The van der Waals surface area contributed by atoms with Crippen LogP contribution in [0.15, 0.2) is 59.9 Å². The van der Waals surface area contributed by atoms with E-state index in [4.69, 9.17) is 16.1 Å². The Bertz CT molecular complexity index is 2110. The number of anilines is 1. The number of pyridine rings is 1. The molecule has 2 atom stereocenters. The first kappa shape index (κ1) is 29.0. The van der Waals surface area contributed by atoms with Crippen molar-refractivity contribution in [2.24, 2.45) is 17.8 Å². The third kappa shape index (κ3) is 4.91. The number of ether oxygens (including phenoxy) is 1. The lowest BCUT2D eigenvalue weighted by Gasteiger charge is -2.47. The number of hydrogen-bond acceptors (Lipinski definition) is 8. The van der Waals surface area contributed by atoms with Gasteiger partial charge in [-0.2, -0.15) is 0 Å². The van der Waals surface area contributed by atoms with Crippen LogP contribution in [0.3, 0.4) is 0 Å². The highest BCUT2D eigenvalue weighted by Crippen LogP contribution is 2.47. The number of hydrogen-bond donors (Lipinski definition) is 1. The van der Waals surface area contributed by atoms with Crippen LogP contribution in [0.25, 0.3) is 27.9 Å². The van der Waals surface area contributed by atoms with Crippen molar-refractivity contribution < 1.29 is 22.3 Å². The molecule has 12 heteroatoms. The molecule has 45 heavy (non-hydrogen) atoms. The molecule has 3 saturated carbocycles. The van der Waals surface area contributed by atoms with Gasteiger partial charge in [-0.05, 0) is 75.6 Å². The Balaban J connectivity index is 1.39.